The summed E-state index contributed by atoms with van der Waals surface area (Å²) in [5.74, 6) is -2.61. The van der Waals surface area contributed by atoms with Crippen LogP contribution in [0.15, 0.2) is 23.3 Å². The van der Waals surface area contributed by atoms with Gasteiger partial charge in [0.15, 0.2) is 11.6 Å². The topological polar surface area (TPSA) is 138 Å². The van der Waals surface area contributed by atoms with Crippen molar-refractivity contribution in [2.75, 3.05) is 0 Å². The van der Waals surface area contributed by atoms with Crippen molar-refractivity contribution >= 4 is 23.3 Å². The quantitative estimate of drug-likeness (QED) is 0.420. The molecule has 0 bridgehead atoms. The Hall–Kier alpha value is -2.16. The number of esters is 1. The van der Waals surface area contributed by atoms with Crippen molar-refractivity contribution in [3.05, 3.63) is 23.3 Å². The third-order valence-corrected chi connectivity index (χ3v) is 11.5. The first-order valence-electron chi connectivity index (χ1n) is 14.4. The highest BCUT2D eigenvalue weighted by atomic mass is 16.6. The van der Waals surface area contributed by atoms with E-state index in [-0.39, 0.29) is 31.0 Å². The number of allylic oxidation sites excluding steroid dienone is 2. The lowest BCUT2D eigenvalue weighted by molar-refractivity contribution is -0.174. The Morgan fingerprint density at radius 3 is 2.20 bits per heavy atom. The van der Waals surface area contributed by atoms with E-state index in [4.69, 9.17) is 4.74 Å². The van der Waals surface area contributed by atoms with Gasteiger partial charge in [-0.25, -0.2) is 0 Å². The molecule has 0 saturated heterocycles. The molecule has 8 nitrogen and oxygen atoms in total. The molecule has 0 aromatic carbocycles. The van der Waals surface area contributed by atoms with Gasteiger partial charge in [-0.15, -0.1) is 0 Å². The molecular formula is C32H46O8. The van der Waals surface area contributed by atoms with E-state index < -0.39 is 68.5 Å². The zero-order valence-electron chi connectivity index (χ0n) is 25.4. The molecule has 40 heavy (non-hydrogen) atoms. The normalized spacial score (nSPS) is 40.2. The van der Waals surface area contributed by atoms with E-state index in [1.165, 1.54) is 19.9 Å². The van der Waals surface area contributed by atoms with Crippen LogP contribution < -0.4 is 0 Å². The summed E-state index contributed by atoms with van der Waals surface area (Å²) < 4.78 is 5.31. The second-order valence-corrected chi connectivity index (χ2v) is 14.8. The van der Waals surface area contributed by atoms with E-state index in [1.54, 1.807) is 13.8 Å². The molecule has 0 aromatic rings. The van der Waals surface area contributed by atoms with E-state index in [0.29, 0.717) is 18.4 Å². The Kier molecular flexibility index (Phi) is 7.06. The summed E-state index contributed by atoms with van der Waals surface area (Å²) >= 11 is 0. The predicted octanol–water partition coefficient (Wildman–Crippen LogP) is 3.64. The summed E-state index contributed by atoms with van der Waals surface area (Å²) in [4.78, 5) is 52.1. The van der Waals surface area contributed by atoms with Crippen LogP contribution >= 0.6 is 0 Å². The van der Waals surface area contributed by atoms with Crippen molar-refractivity contribution in [1.82, 2.24) is 0 Å². The molecule has 0 amide bonds. The van der Waals surface area contributed by atoms with Gasteiger partial charge in [0.1, 0.15) is 23.1 Å². The van der Waals surface area contributed by atoms with Crippen LogP contribution in [0.25, 0.3) is 0 Å². The highest BCUT2D eigenvalue weighted by Gasteiger charge is 2.73. The SMILES string of the molecule is CC(=O)OC(C)(C)CCC(=O)[C@](C)(O)[C@@H]1[C@H](O)C[C@@]2(C)[C@@H]3CC=C4C(=CC(=O)[C@H](O)C4(C)C)[C@@]3(C)C(=O)C[C@@]12C. The van der Waals surface area contributed by atoms with Gasteiger partial charge in [-0.1, -0.05) is 33.8 Å². The number of aliphatic hydroxyl groups excluding tert-OH is 2. The number of ketones is 3. The molecule has 4 aliphatic rings. The Labute approximate surface area is 237 Å². The van der Waals surface area contributed by atoms with Gasteiger partial charge in [-0.3, -0.25) is 19.2 Å². The highest BCUT2D eigenvalue weighted by Crippen LogP contribution is 2.73. The van der Waals surface area contributed by atoms with Gasteiger partial charge < -0.3 is 20.1 Å². The van der Waals surface area contributed by atoms with Crippen molar-refractivity contribution in [3.8, 4) is 0 Å². The monoisotopic (exact) mass is 558 g/mol. The fourth-order valence-electron chi connectivity index (χ4n) is 9.06. The van der Waals surface area contributed by atoms with Gasteiger partial charge in [-0.05, 0) is 80.9 Å². The Balaban J connectivity index is 1.73. The second kappa shape index (κ2) is 9.17. The number of hydrogen-bond donors (Lipinski definition) is 3. The number of carbonyl (C=O) groups excluding carboxylic acids is 4. The van der Waals surface area contributed by atoms with E-state index in [9.17, 15) is 34.5 Å². The number of Topliss-reactive ketones (excluding diaryl/α,β-unsaturated/α-hetero) is 2. The largest absolute Gasteiger partial charge is 0.460 e. The van der Waals surface area contributed by atoms with Crippen LogP contribution in [-0.4, -0.2) is 62.0 Å². The average Bonchev–Trinajstić information content (AvgIpc) is 3.01. The smallest absolute Gasteiger partial charge is 0.303 e. The molecule has 2 saturated carbocycles. The lowest BCUT2D eigenvalue weighted by Gasteiger charge is -2.62. The summed E-state index contributed by atoms with van der Waals surface area (Å²) in [5.41, 5.74) is -4.77. The summed E-state index contributed by atoms with van der Waals surface area (Å²) in [6, 6.07) is 0. The van der Waals surface area contributed by atoms with Gasteiger partial charge in [0.05, 0.1) is 11.5 Å². The fraction of sp³-hybridized carbons (Fsp3) is 0.750. The Morgan fingerprint density at radius 1 is 1.02 bits per heavy atom. The zero-order valence-corrected chi connectivity index (χ0v) is 25.4. The molecule has 2 fully saturated rings. The molecule has 0 aromatic heterocycles. The van der Waals surface area contributed by atoms with Crippen molar-refractivity contribution in [2.45, 2.75) is 118 Å². The minimum absolute atomic E-state index is 0.0301. The standard InChI is InChI=1S/C32H46O8/c1-17(33)40-27(2,3)13-12-23(36)32(9,39)25-21(35)15-29(6)22-11-10-18-19(14-20(34)26(38)28(18,4)5)31(22,8)24(37)16-30(25,29)7/h10,14,21-22,25-26,35,38-39H,11-13,15-16H2,1-9H3/t21-,22+,25-,26+,29+,30+,31-,32+/m1/s1. The zero-order chi connectivity index (χ0) is 30.4. The van der Waals surface area contributed by atoms with Crippen LogP contribution in [0.5, 0.6) is 0 Å². The number of rotatable bonds is 6. The van der Waals surface area contributed by atoms with Gasteiger partial charge in [0.25, 0.3) is 0 Å². The minimum Gasteiger partial charge on any atom is -0.460 e. The first-order valence-corrected chi connectivity index (χ1v) is 14.4. The highest BCUT2D eigenvalue weighted by molar-refractivity contribution is 6.01. The summed E-state index contributed by atoms with van der Waals surface area (Å²) in [5, 5.41) is 34.0. The van der Waals surface area contributed by atoms with E-state index in [0.717, 1.165) is 5.57 Å². The summed E-state index contributed by atoms with van der Waals surface area (Å²) in [6.45, 7) is 15.6. The first kappa shape index (κ1) is 30.8. The first-order chi connectivity index (χ1) is 18.1. The summed E-state index contributed by atoms with van der Waals surface area (Å²) in [7, 11) is 0. The van der Waals surface area contributed by atoms with Crippen LogP contribution in [0.1, 0.15) is 94.4 Å². The van der Waals surface area contributed by atoms with Crippen molar-refractivity contribution in [1.29, 1.82) is 0 Å². The molecule has 0 aliphatic heterocycles. The third kappa shape index (κ3) is 4.11. The third-order valence-electron chi connectivity index (χ3n) is 11.5. The van der Waals surface area contributed by atoms with E-state index in [2.05, 4.69) is 0 Å². The van der Waals surface area contributed by atoms with Crippen molar-refractivity contribution < 1.29 is 39.2 Å². The van der Waals surface area contributed by atoms with Crippen LogP contribution in [0.3, 0.4) is 0 Å². The predicted molar refractivity (Wildman–Crippen MR) is 148 cm³/mol. The maximum atomic E-state index is 14.3. The maximum Gasteiger partial charge on any atom is 0.303 e. The number of ether oxygens (including phenoxy) is 1. The molecule has 4 rings (SSSR count). The van der Waals surface area contributed by atoms with Crippen LogP contribution in [0, 0.1) is 33.5 Å². The van der Waals surface area contributed by atoms with Crippen molar-refractivity contribution in [2.24, 2.45) is 33.5 Å². The fourth-order valence-corrected chi connectivity index (χ4v) is 9.06. The van der Waals surface area contributed by atoms with Crippen molar-refractivity contribution in [3.63, 3.8) is 0 Å². The van der Waals surface area contributed by atoms with E-state index in [1.807, 2.05) is 40.7 Å². The average molecular weight is 559 g/mol. The molecule has 3 N–H and O–H groups in total. The van der Waals surface area contributed by atoms with Crippen LogP contribution in [-0.2, 0) is 23.9 Å². The number of hydrogen-bond acceptors (Lipinski definition) is 8. The lowest BCUT2D eigenvalue weighted by atomic mass is 9.40. The Bertz CT molecular complexity index is 1220. The van der Waals surface area contributed by atoms with Crippen LogP contribution in [0.2, 0.25) is 0 Å². The lowest BCUT2D eigenvalue weighted by Crippen LogP contribution is -2.63. The van der Waals surface area contributed by atoms with Gasteiger partial charge in [0.2, 0.25) is 0 Å². The molecule has 222 valence electrons. The summed E-state index contributed by atoms with van der Waals surface area (Å²) in [6.07, 6.45) is 2.22. The molecule has 8 atom stereocenters. The van der Waals surface area contributed by atoms with Gasteiger partial charge >= 0.3 is 5.97 Å². The number of fused-ring (bicyclic) bond motifs is 5. The molecule has 0 spiro atoms. The van der Waals surface area contributed by atoms with Crippen LogP contribution in [0.4, 0.5) is 0 Å². The maximum absolute atomic E-state index is 14.3. The number of aliphatic hydroxyl groups is 3. The number of carbonyl (C=O) groups is 4. The molecule has 0 unspecified atom stereocenters. The molecule has 4 aliphatic carbocycles. The molecule has 8 heteroatoms. The van der Waals surface area contributed by atoms with Gasteiger partial charge in [0, 0.05) is 31.1 Å². The molecule has 0 heterocycles. The van der Waals surface area contributed by atoms with E-state index >= 15 is 0 Å². The Morgan fingerprint density at radius 2 is 1.62 bits per heavy atom. The molecule has 0 radical (unpaired) electrons. The second-order valence-electron chi connectivity index (χ2n) is 14.8. The van der Waals surface area contributed by atoms with Gasteiger partial charge in [-0.2, -0.15) is 0 Å². The minimum atomic E-state index is -1.92. The molecular weight excluding hydrogens is 512 g/mol.